The van der Waals surface area contributed by atoms with Crippen molar-refractivity contribution in [2.24, 2.45) is 0 Å². The molecule has 0 saturated carbocycles. The van der Waals surface area contributed by atoms with Crippen molar-refractivity contribution in [2.45, 2.75) is 33.1 Å². The number of carbonyl (C=O) groups excluding carboxylic acids is 1. The van der Waals surface area contributed by atoms with Gasteiger partial charge in [-0.3, -0.25) is 4.79 Å². The lowest BCUT2D eigenvalue weighted by Gasteiger charge is -2.22. The quantitative estimate of drug-likeness (QED) is 0.695. The van der Waals surface area contributed by atoms with Crippen LogP contribution in [-0.4, -0.2) is 11.4 Å². The zero-order valence-corrected chi connectivity index (χ0v) is 9.09. The molecule has 0 spiro atoms. The molecule has 0 aliphatic rings. The number of carbonyl (C=O) groups is 1. The number of benzene rings is 1. The van der Waals surface area contributed by atoms with E-state index >= 15 is 0 Å². The zero-order valence-electron chi connectivity index (χ0n) is 9.09. The van der Waals surface area contributed by atoms with Crippen molar-refractivity contribution >= 4 is 6.29 Å². The van der Waals surface area contributed by atoms with E-state index in [0.717, 1.165) is 11.1 Å². The minimum absolute atomic E-state index is 0.0109. The topological polar surface area (TPSA) is 37.3 Å². The van der Waals surface area contributed by atoms with Gasteiger partial charge in [-0.25, -0.2) is 0 Å². The highest BCUT2D eigenvalue weighted by Crippen LogP contribution is 2.30. The Hall–Kier alpha value is -1.31. The van der Waals surface area contributed by atoms with Crippen LogP contribution in [0, 0.1) is 6.92 Å². The largest absolute Gasteiger partial charge is 0.507 e. The van der Waals surface area contributed by atoms with Crippen LogP contribution < -0.4 is 0 Å². The summed E-state index contributed by atoms with van der Waals surface area (Å²) in [4.78, 5) is 10.6. The van der Waals surface area contributed by atoms with Gasteiger partial charge >= 0.3 is 0 Å². The molecule has 0 saturated heterocycles. The van der Waals surface area contributed by atoms with Crippen molar-refractivity contribution in [3.8, 4) is 5.75 Å². The molecule has 76 valence electrons. The molecular formula is C12H16O2. The third-order valence-corrected chi connectivity index (χ3v) is 2.31. The Bertz CT molecular complexity index is 359. The first kappa shape index (κ1) is 10.8. The molecule has 2 nitrogen and oxygen atoms in total. The minimum atomic E-state index is -0.0109. The van der Waals surface area contributed by atoms with Crippen LogP contribution in [0.1, 0.15) is 42.3 Å². The first-order valence-corrected chi connectivity index (χ1v) is 4.65. The number of phenols is 1. The molecule has 0 fully saturated rings. The maximum absolute atomic E-state index is 10.6. The fraction of sp³-hybridized carbons (Fsp3) is 0.417. The minimum Gasteiger partial charge on any atom is -0.507 e. The molecule has 1 aromatic carbocycles. The van der Waals surface area contributed by atoms with E-state index in [1.54, 1.807) is 12.1 Å². The second kappa shape index (κ2) is 3.45. The number of hydrogen-bond donors (Lipinski definition) is 1. The van der Waals surface area contributed by atoms with E-state index in [1.165, 1.54) is 0 Å². The van der Waals surface area contributed by atoms with E-state index < -0.39 is 0 Å². The van der Waals surface area contributed by atoms with Crippen LogP contribution in [0.3, 0.4) is 0 Å². The molecule has 0 unspecified atom stereocenters. The number of rotatable bonds is 1. The van der Waals surface area contributed by atoms with Crippen LogP contribution in [0.15, 0.2) is 12.1 Å². The lowest BCUT2D eigenvalue weighted by Crippen LogP contribution is -2.13. The van der Waals surface area contributed by atoms with Crippen LogP contribution in [0.4, 0.5) is 0 Å². The van der Waals surface area contributed by atoms with Crippen molar-refractivity contribution < 1.29 is 9.90 Å². The SMILES string of the molecule is Cc1cc(C=O)c(O)cc1C(C)(C)C. The van der Waals surface area contributed by atoms with Gasteiger partial charge in [-0.05, 0) is 35.6 Å². The molecule has 14 heavy (non-hydrogen) atoms. The molecule has 0 aromatic heterocycles. The molecule has 0 heterocycles. The van der Waals surface area contributed by atoms with Crippen LogP contribution in [0.2, 0.25) is 0 Å². The van der Waals surface area contributed by atoms with Gasteiger partial charge in [0.2, 0.25) is 0 Å². The predicted octanol–water partition coefficient (Wildman–Crippen LogP) is 2.81. The molecule has 0 aliphatic heterocycles. The number of aromatic hydroxyl groups is 1. The van der Waals surface area contributed by atoms with Crippen molar-refractivity contribution in [3.63, 3.8) is 0 Å². The highest BCUT2D eigenvalue weighted by atomic mass is 16.3. The molecule has 1 rings (SSSR count). The molecule has 1 N–H and O–H groups in total. The van der Waals surface area contributed by atoms with Crippen LogP contribution >= 0.6 is 0 Å². The third-order valence-electron chi connectivity index (χ3n) is 2.31. The molecule has 0 amide bonds. The fourth-order valence-corrected chi connectivity index (χ4v) is 1.62. The van der Waals surface area contributed by atoms with Gasteiger partial charge in [0.1, 0.15) is 5.75 Å². The van der Waals surface area contributed by atoms with Gasteiger partial charge in [-0.1, -0.05) is 20.8 Å². The van der Waals surface area contributed by atoms with E-state index in [0.29, 0.717) is 11.8 Å². The van der Waals surface area contributed by atoms with Gasteiger partial charge in [0.25, 0.3) is 0 Å². The van der Waals surface area contributed by atoms with Gasteiger partial charge in [-0.2, -0.15) is 0 Å². The van der Waals surface area contributed by atoms with Gasteiger partial charge in [0.15, 0.2) is 6.29 Å². The van der Waals surface area contributed by atoms with Gasteiger partial charge in [-0.15, -0.1) is 0 Å². The van der Waals surface area contributed by atoms with Crippen molar-refractivity contribution in [1.82, 2.24) is 0 Å². The van der Waals surface area contributed by atoms with Crippen LogP contribution in [0.25, 0.3) is 0 Å². The van der Waals surface area contributed by atoms with E-state index in [2.05, 4.69) is 20.8 Å². The molecule has 0 bridgehead atoms. The average molecular weight is 192 g/mol. The zero-order chi connectivity index (χ0) is 10.9. The van der Waals surface area contributed by atoms with Gasteiger partial charge < -0.3 is 5.11 Å². The summed E-state index contributed by atoms with van der Waals surface area (Å²) in [5.41, 5.74) is 2.46. The fourth-order valence-electron chi connectivity index (χ4n) is 1.62. The highest BCUT2D eigenvalue weighted by Gasteiger charge is 2.18. The molecule has 0 atom stereocenters. The number of hydrogen-bond acceptors (Lipinski definition) is 2. The Labute approximate surface area is 84.6 Å². The Balaban J connectivity index is 3.36. The van der Waals surface area contributed by atoms with E-state index in [9.17, 15) is 9.90 Å². The lowest BCUT2D eigenvalue weighted by molar-refractivity contribution is 0.112. The summed E-state index contributed by atoms with van der Waals surface area (Å²) < 4.78 is 0. The summed E-state index contributed by atoms with van der Waals surface area (Å²) in [6.45, 7) is 8.19. The Morgan fingerprint density at radius 3 is 2.29 bits per heavy atom. The summed E-state index contributed by atoms with van der Waals surface area (Å²) in [7, 11) is 0. The molecule has 0 aliphatic carbocycles. The van der Waals surface area contributed by atoms with Crippen LogP contribution in [0.5, 0.6) is 5.75 Å². The summed E-state index contributed by atoms with van der Waals surface area (Å²) in [6, 6.07) is 3.40. The first-order chi connectivity index (χ1) is 6.36. The second-order valence-electron chi connectivity index (χ2n) is 4.59. The van der Waals surface area contributed by atoms with E-state index in [1.807, 2.05) is 6.92 Å². The van der Waals surface area contributed by atoms with Crippen LogP contribution in [-0.2, 0) is 5.41 Å². The monoisotopic (exact) mass is 192 g/mol. The third kappa shape index (κ3) is 1.95. The maximum Gasteiger partial charge on any atom is 0.153 e. The molecule has 0 radical (unpaired) electrons. The Morgan fingerprint density at radius 2 is 1.86 bits per heavy atom. The molecule has 2 heteroatoms. The standard InChI is InChI=1S/C12H16O2/c1-8-5-9(7-13)11(14)6-10(8)12(2,3)4/h5-7,14H,1-4H3. The Morgan fingerprint density at radius 1 is 1.29 bits per heavy atom. The molecular weight excluding hydrogens is 176 g/mol. The van der Waals surface area contributed by atoms with E-state index in [-0.39, 0.29) is 11.2 Å². The molecule has 1 aromatic rings. The number of phenolic OH excluding ortho intramolecular Hbond substituents is 1. The van der Waals surface area contributed by atoms with Crippen molar-refractivity contribution in [2.75, 3.05) is 0 Å². The smallest absolute Gasteiger partial charge is 0.153 e. The lowest BCUT2D eigenvalue weighted by atomic mass is 9.83. The summed E-state index contributed by atoms with van der Waals surface area (Å²) in [5, 5.41) is 9.55. The normalized spacial score (nSPS) is 11.4. The van der Waals surface area contributed by atoms with Crippen molar-refractivity contribution in [3.05, 3.63) is 28.8 Å². The summed E-state index contributed by atoms with van der Waals surface area (Å²) >= 11 is 0. The van der Waals surface area contributed by atoms with Gasteiger partial charge in [0, 0.05) is 0 Å². The van der Waals surface area contributed by atoms with E-state index in [4.69, 9.17) is 0 Å². The van der Waals surface area contributed by atoms with Crippen molar-refractivity contribution in [1.29, 1.82) is 0 Å². The first-order valence-electron chi connectivity index (χ1n) is 4.65. The number of aldehydes is 1. The average Bonchev–Trinajstić information content (AvgIpc) is 2.06. The Kier molecular flexibility index (Phi) is 2.65. The summed E-state index contributed by atoms with van der Waals surface area (Å²) in [6.07, 6.45) is 0.675. The second-order valence-corrected chi connectivity index (χ2v) is 4.59. The summed E-state index contributed by atoms with van der Waals surface area (Å²) in [5.74, 6) is 0.0653. The van der Waals surface area contributed by atoms with Gasteiger partial charge in [0.05, 0.1) is 5.56 Å². The number of aryl methyl sites for hydroxylation is 1. The highest BCUT2D eigenvalue weighted by molar-refractivity contribution is 5.79. The maximum atomic E-state index is 10.6. The predicted molar refractivity (Wildman–Crippen MR) is 56.9 cm³/mol.